The van der Waals surface area contributed by atoms with Crippen molar-refractivity contribution in [3.8, 4) is 0 Å². The van der Waals surface area contributed by atoms with Crippen LogP contribution in [0.2, 0.25) is 24.2 Å². The van der Waals surface area contributed by atoms with Gasteiger partial charge in [-0.15, -0.1) is 0 Å². The van der Waals surface area contributed by atoms with Crippen LogP contribution in [-0.4, -0.2) is 8.07 Å². The molecule has 2 aliphatic rings. The fourth-order valence-corrected chi connectivity index (χ4v) is 11.6. The van der Waals surface area contributed by atoms with Crippen molar-refractivity contribution >= 4 is 8.07 Å². The van der Waals surface area contributed by atoms with Gasteiger partial charge in [0.1, 0.15) is 0 Å². The molecule has 0 aromatic rings. The molecule has 118 valence electrons. The fourth-order valence-electron chi connectivity index (χ4n) is 5.56. The van der Waals surface area contributed by atoms with Crippen molar-refractivity contribution in [2.45, 2.75) is 79.6 Å². The van der Waals surface area contributed by atoms with Crippen LogP contribution < -0.4 is 0 Å². The molecule has 0 amide bonds. The van der Waals surface area contributed by atoms with Gasteiger partial charge in [0, 0.05) is 0 Å². The van der Waals surface area contributed by atoms with Crippen molar-refractivity contribution in [2.24, 2.45) is 11.8 Å². The molecular weight excluding hydrogens is 268 g/mol. The first-order chi connectivity index (χ1) is 9.53. The second kappa shape index (κ2) is 5.26. The van der Waals surface area contributed by atoms with E-state index in [0.29, 0.717) is 0 Å². The summed E-state index contributed by atoms with van der Waals surface area (Å²) in [4.78, 5) is 0. The highest BCUT2D eigenvalue weighted by atomic mass is 28.3. The van der Waals surface area contributed by atoms with Gasteiger partial charge in [0.2, 0.25) is 0 Å². The van der Waals surface area contributed by atoms with Crippen LogP contribution in [0.5, 0.6) is 0 Å². The van der Waals surface area contributed by atoms with Crippen molar-refractivity contribution < 1.29 is 0 Å². The van der Waals surface area contributed by atoms with E-state index in [4.69, 9.17) is 0 Å². The molecule has 0 fully saturated rings. The Hall–Kier alpha value is -0.563. The molecule has 0 aromatic heterocycles. The van der Waals surface area contributed by atoms with E-state index in [1.165, 1.54) is 0 Å². The Morgan fingerprint density at radius 3 is 1.43 bits per heavy atom. The number of rotatable bonds is 2. The molecule has 2 aliphatic carbocycles. The zero-order valence-electron chi connectivity index (χ0n) is 15.8. The van der Waals surface area contributed by atoms with Crippen LogP contribution in [0.15, 0.2) is 33.4 Å². The van der Waals surface area contributed by atoms with Crippen LogP contribution in [0.4, 0.5) is 0 Å². The predicted molar refractivity (Wildman–Crippen MR) is 98.4 cm³/mol. The first-order valence-corrected chi connectivity index (χ1v) is 11.7. The van der Waals surface area contributed by atoms with Gasteiger partial charge < -0.3 is 0 Å². The van der Waals surface area contributed by atoms with Gasteiger partial charge in [-0.3, -0.25) is 0 Å². The van der Waals surface area contributed by atoms with Crippen molar-refractivity contribution in [1.29, 1.82) is 0 Å². The first-order valence-electron chi connectivity index (χ1n) is 8.55. The molecule has 21 heavy (non-hydrogen) atoms. The summed E-state index contributed by atoms with van der Waals surface area (Å²) in [5.41, 5.74) is 11.4. The monoisotopic (exact) mass is 302 g/mol. The molecule has 3 atom stereocenters. The number of allylic oxidation sites excluding steroid dienone is 6. The molecular formula is C20H34Si. The molecule has 0 heterocycles. The second-order valence-corrected chi connectivity index (χ2v) is 13.2. The molecule has 0 radical (unpaired) electrons. The standard InChI is InChI=1S/C20H34Si/c1-11-12(2)16(6)19(15(11)5)21(9,10)20-17(7)13(3)14(4)18(20)8/h11,15,19-20H,1-10H3. The lowest BCUT2D eigenvalue weighted by molar-refractivity contribution is 0.469. The minimum absolute atomic E-state index is 0.748. The van der Waals surface area contributed by atoms with Gasteiger partial charge in [0.05, 0.1) is 8.07 Å². The minimum Gasteiger partial charge on any atom is -0.0734 e. The van der Waals surface area contributed by atoms with E-state index in [0.717, 1.165) is 22.9 Å². The Morgan fingerprint density at radius 2 is 1.10 bits per heavy atom. The minimum atomic E-state index is -1.43. The Bertz CT molecular complexity index is 532. The smallest absolute Gasteiger partial charge is 0.0669 e. The summed E-state index contributed by atoms with van der Waals surface area (Å²) in [5, 5.41) is 0. The zero-order valence-corrected chi connectivity index (χ0v) is 16.8. The lowest BCUT2D eigenvalue weighted by Gasteiger charge is -2.41. The summed E-state index contributed by atoms with van der Waals surface area (Å²) in [6, 6.07) is 0. The Labute approximate surface area is 133 Å². The summed E-state index contributed by atoms with van der Waals surface area (Å²) >= 11 is 0. The van der Waals surface area contributed by atoms with Crippen molar-refractivity contribution in [1.82, 2.24) is 0 Å². The summed E-state index contributed by atoms with van der Waals surface area (Å²) in [6.45, 7) is 24.5. The lowest BCUT2D eigenvalue weighted by Crippen LogP contribution is -2.41. The normalized spacial score (nSPS) is 32.0. The Kier molecular flexibility index (Phi) is 4.21. The number of hydrogen-bond acceptors (Lipinski definition) is 0. The molecule has 0 spiro atoms. The molecule has 0 saturated heterocycles. The Morgan fingerprint density at radius 1 is 0.667 bits per heavy atom. The van der Waals surface area contributed by atoms with Crippen LogP contribution in [0.1, 0.15) is 55.4 Å². The third kappa shape index (κ3) is 2.23. The molecule has 2 rings (SSSR count). The van der Waals surface area contributed by atoms with Gasteiger partial charge in [-0.25, -0.2) is 0 Å². The van der Waals surface area contributed by atoms with E-state index < -0.39 is 8.07 Å². The topological polar surface area (TPSA) is 0 Å². The van der Waals surface area contributed by atoms with Crippen LogP contribution in [-0.2, 0) is 0 Å². The van der Waals surface area contributed by atoms with Gasteiger partial charge in [0.25, 0.3) is 0 Å². The van der Waals surface area contributed by atoms with Gasteiger partial charge in [-0.05, 0) is 75.6 Å². The van der Waals surface area contributed by atoms with Gasteiger partial charge in [-0.2, -0.15) is 0 Å². The maximum absolute atomic E-state index is 2.65. The van der Waals surface area contributed by atoms with E-state index >= 15 is 0 Å². The van der Waals surface area contributed by atoms with Crippen LogP contribution >= 0.6 is 0 Å². The molecule has 0 aromatic carbocycles. The van der Waals surface area contributed by atoms with Gasteiger partial charge in [-0.1, -0.05) is 49.2 Å². The maximum atomic E-state index is 2.65. The molecule has 3 unspecified atom stereocenters. The molecule has 0 aliphatic heterocycles. The second-order valence-electron chi connectivity index (χ2n) is 8.36. The zero-order chi connectivity index (χ0) is 16.3. The molecule has 0 N–H and O–H groups in total. The molecule has 0 nitrogen and oxygen atoms in total. The van der Waals surface area contributed by atoms with Crippen molar-refractivity contribution in [3.63, 3.8) is 0 Å². The third-order valence-corrected chi connectivity index (χ3v) is 12.2. The maximum Gasteiger partial charge on any atom is 0.0669 e. The molecule has 1 heteroatoms. The highest BCUT2D eigenvalue weighted by Gasteiger charge is 2.49. The van der Waals surface area contributed by atoms with E-state index in [2.05, 4.69) is 68.5 Å². The van der Waals surface area contributed by atoms with Gasteiger partial charge in [0.15, 0.2) is 0 Å². The van der Waals surface area contributed by atoms with Crippen LogP contribution in [0, 0.1) is 11.8 Å². The summed E-state index contributed by atoms with van der Waals surface area (Å²) in [6.07, 6.45) is 0. The average Bonchev–Trinajstić information content (AvgIpc) is 2.72. The van der Waals surface area contributed by atoms with Crippen LogP contribution in [0.25, 0.3) is 0 Å². The van der Waals surface area contributed by atoms with Crippen molar-refractivity contribution in [2.75, 3.05) is 0 Å². The van der Waals surface area contributed by atoms with Gasteiger partial charge >= 0.3 is 0 Å². The lowest BCUT2D eigenvalue weighted by atomic mass is 9.95. The average molecular weight is 303 g/mol. The van der Waals surface area contributed by atoms with E-state index in [1.807, 2.05) is 0 Å². The van der Waals surface area contributed by atoms with Crippen LogP contribution in [0.3, 0.4) is 0 Å². The quantitative estimate of drug-likeness (QED) is 0.391. The largest absolute Gasteiger partial charge is 0.0734 e. The SMILES string of the molecule is CC1=C(C)C([Si](C)(C)C2C(C)=C(C)C(C)C2C)C(C)=C1C. The third-order valence-electron chi connectivity index (χ3n) is 7.24. The first kappa shape index (κ1) is 16.8. The fraction of sp³-hybridized carbons (Fsp3) is 0.700. The van der Waals surface area contributed by atoms with Crippen molar-refractivity contribution in [3.05, 3.63) is 33.4 Å². The highest BCUT2D eigenvalue weighted by molar-refractivity contribution is 6.82. The Balaban J connectivity index is 2.50. The molecule has 0 bridgehead atoms. The van der Waals surface area contributed by atoms with E-state index in [-0.39, 0.29) is 0 Å². The molecule has 0 saturated carbocycles. The summed E-state index contributed by atoms with van der Waals surface area (Å²) < 4.78 is 0. The van der Waals surface area contributed by atoms with E-state index in [9.17, 15) is 0 Å². The number of hydrogen-bond donors (Lipinski definition) is 0. The predicted octanol–water partition coefficient (Wildman–Crippen LogP) is 6.74. The highest BCUT2D eigenvalue weighted by Crippen LogP contribution is 2.58. The summed E-state index contributed by atoms with van der Waals surface area (Å²) in [7, 11) is -1.43. The summed E-state index contributed by atoms with van der Waals surface area (Å²) in [5.74, 6) is 1.58. The van der Waals surface area contributed by atoms with E-state index in [1.54, 1.807) is 33.4 Å².